The van der Waals surface area contributed by atoms with Crippen LogP contribution < -0.4 is 5.73 Å². The van der Waals surface area contributed by atoms with Crippen molar-refractivity contribution < 1.29 is 9.50 Å². The monoisotopic (exact) mass is 265 g/mol. The summed E-state index contributed by atoms with van der Waals surface area (Å²) in [6.45, 7) is 2.15. The number of thiophene rings is 1. The fraction of sp³-hybridized carbons (Fsp3) is 0.286. The Morgan fingerprint density at radius 2 is 2.17 bits per heavy atom. The smallest absolute Gasteiger partial charge is 0.123 e. The topological polar surface area (TPSA) is 46.2 Å². The molecule has 0 spiro atoms. The number of halogens is 1. The minimum absolute atomic E-state index is 0.144. The highest BCUT2D eigenvalue weighted by molar-refractivity contribution is 7.10. The lowest BCUT2D eigenvalue weighted by Gasteiger charge is -2.22. The molecule has 0 saturated carbocycles. The van der Waals surface area contributed by atoms with Gasteiger partial charge in [-0.1, -0.05) is 12.1 Å². The molecule has 3 N–H and O–H groups in total. The lowest BCUT2D eigenvalue weighted by molar-refractivity contribution is 0.148. The second-order valence-electron chi connectivity index (χ2n) is 4.30. The van der Waals surface area contributed by atoms with Gasteiger partial charge in [-0.25, -0.2) is 4.39 Å². The Balaban J connectivity index is 2.31. The molecule has 0 saturated heterocycles. The van der Waals surface area contributed by atoms with Crippen molar-refractivity contribution in [3.05, 3.63) is 57.5 Å². The molecule has 4 heteroatoms. The molecule has 0 fully saturated rings. The van der Waals surface area contributed by atoms with E-state index in [0.29, 0.717) is 6.54 Å². The van der Waals surface area contributed by atoms with Crippen molar-refractivity contribution in [2.75, 3.05) is 6.54 Å². The molecule has 96 valence electrons. The maximum Gasteiger partial charge on any atom is 0.123 e. The van der Waals surface area contributed by atoms with Gasteiger partial charge in [0, 0.05) is 17.3 Å². The molecular formula is C14H16FNOS. The van der Waals surface area contributed by atoms with Gasteiger partial charge in [-0.3, -0.25) is 0 Å². The number of aliphatic hydroxyl groups excluding tert-OH is 1. The van der Waals surface area contributed by atoms with Gasteiger partial charge in [-0.2, -0.15) is 0 Å². The molecule has 0 amide bonds. The molecule has 1 aromatic carbocycles. The molecule has 0 aliphatic rings. The molecule has 2 aromatic rings. The highest BCUT2D eigenvalue weighted by Crippen LogP contribution is 2.34. The van der Waals surface area contributed by atoms with Crippen molar-refractivity contribution in [3.8, 4) is 0 Å². The Hall–Kier alpha value is -1.23. The first-order valence-corrected chi connectivity index (χ1v) is 6.69. The van der Waals surface area contributed by atoms with Gasteiger partial charge in [0.2, 0.25) is 0 Å². The van der Waals surface area contributed by atoms with Gasteiger partial charge >= 0.3 is 0 Å². The van der Waals surface area contributed by atoms with Crippen molar-refractivity contribution in [1.82, 2.24) is 0 Å². The third-order valence-electron chi connectivity index (χ3n) is 3.09. The van der Waals surface area contributed by atoms with E-state index in [4.69, 9.17) is 5.73 Å². The summed E-state index contributed by atoms with van der Waals surface area (Å²) in [5.74, 6) is -0.432. The number of rotatable bonds is 4. The predicted octanol–water partition coefficient (Wildman–Crippen LogP) is 2.97. The highest BCUT2D eigenvalue weighted by atomic mass is 32.1. The van der Waals surface area contributed by atoms with Crippen LogP contribution in [0.2, 0.25) is 0 Å². The van der Waals surface area contributed by atoms with Crippen LogP contribution >= 0.6 is 11.3 Å². The molecule has 0 aliphatic heterocycles. The van der Waals surface area contributed by atoms with Crippen LogP contribution in [0, 0.1) is 12.7 Å². The minimum atomic E-state index is -0.700. The van der Waals surface area contributed by atoms with Crippen molar-refractivity contribution >= 4 is 11.3 Å². The zero-order valence-electron chi connectivity index (χ0n) is 10.1. The summed E-state index contributed by atoms with van der Waals surface area (Å²) in [7, 11) is 0. The summed E-state index contributed by atoms with van der Waals surface area (Å²) < 4.78 is 13.1. The standard InChI is InChI=1S/C14H16FNOS/c1-9-7-10(15)4-5-11(9)14(17)12(8-16)13-3-2-6-18-13/h2-7,12,14,17H,8,16H2,1H3. The highest BCUT2D eigenvalue weighted by Gasteiger charge is 2.23. The molecule has 0 aliphatic carbocycles. The van der Waals surface area contributed by atoms with E-state index < -0.39 is 6.10 Å². The fourth-order valence-electron chi connectivity index (χ4n) is 2.09. The average Bonchev–Trinajstić information content (AvgIpc) is 2.83. The Kier molecular flexibility index (Phi) is 4.11. The van der Waals surface area contributed by atoms with E-state index in [-0.39, 0.29) is 11.7 Å². The largest absolute Gasteiger partial charge is 0.388 e. The molecule has 2 nitrogen and oxygen atoms in total. The normalized spacial score (nSPS) is 14.4. The van der Waals surface area contributed by atoms with E-state index >= 15 is 0 Å². The number of benzene rings is 1. The number of aryl methyl sites for hydroxylation is 1. The Morgan fingerprint density at radius 3 is 2.72 bits per heavy atom. The summed E-state index contributed by atoms with van der Waals surface area (Å²) in [4.78, 5) is 1.05. The summed E-state index contributed by atoms with van der Waals surface area (Å²) in [6.07, 6.45) is -0.700. The summed E-state index contributed by atoms with van der Waals surface area (Å²) in [6, 6.07) is 8.33. The van der Waals surface area contributed by atoms with E-state index in [9.17, 15) is 9.50 Å². The Bertz CT molecular complexity index is 513. The second-order valence-corrected chi connectivity index (χ2v) is 5.28. The first kappa shape index (κ1) is 13.2. The van der Waals surface area contributed by atoms with Crippen molar-refractivity contribution in [1.29, 1.82) is 0 Å². The SMILES string of the molecule is Cc1cc(F)ccc1C(O)C(CN)c1cccs1. The van der Waals surface area contributed by atoms with Crippen LogP contribution in [0.5, 0.6) is 0 Å². The molecule has 0 radical (unpaired) electrons. The average molecular weight is 265 g/mol. The van der Waals surface area contributed by atoms with Crippen LogP contribution in [-0.4, -0.2) is 11.7 Å². The fourth-order valence-corrected chi connectivity index (χ4v) is 2.96. The van der Waals surface area contributed by atoms with Crippen LogP contribution in [0.1, 0.15) is 28.0 Å². The lowest BCUT2D eigenvalue weighted by atomic mass is 9.91. The number of nitrogens with two attached hydrogens (primary N) is 1. The molecule has 1 aromatic heterocycles. The van der Waals surface area contributed by atoms with E-state index in [1.54, 1.807) is 24.3 Å². The van der Waals surface area contributed by atoms with E-state index in [2.05, 4.69) is 0 Å². The summed E-state index contributed by atoms with van der Waals surface area (Å²) in [5.41, 5.74) is 7.24. The molecular weight excluding hydrogens is 249 g/mol. The Morgan fingerprint density at radius 1 is 1.39 bits per heavy atom. The third kappa shape index (κ3) is 2.61. The molecule has 2 atom stereocenters. The maximum atomic E-state index is 13.1. The first-order chi connectivity index (χ1) is 8.63. The zero-order valence-corrected chi connectivity index (χ0v) is 11.0. The predicted molar refractivity (Wildman–Crippen MR) is 72.2 cm³/mol. The van der Waals surface area contributed by atoms with Gasteiger partial charge in [0.05, 0.1) is 6.10 Å². The third-order valence-corrected chi connectivity index (χ3v) is 4.10. The van der Waals surface area contributed by atoms with Crippen LogP contribution in [-0.2, 0) is 0 Å². The van der Waals surface area contributed by atoms with E-state index in [1.807, 2.05) is 17.5 Å². The van der Waals surface area contributed by atoms with Gasteiger partial charge in [-0.15, -0.1) is 11.3 Å². The van der Waals surface area contributed by atoms with Crippen LogP contribution in [0.25, 0.3) is 0 Å². The number of hydrogen-bond acceptors (Lipinski definition) is 3. The zero-order chi connectivity index (χ0) is 13.1. The van der Waals surface area contributed by atoms with E-state index in [0.717, 1.165) is 16.0 Å². The van der Waals surface area contributed by atoms with Gasteiger partial charge in [-0.05, 0) is 41.6 Å². The van der Waals surface area contributed by atoms with Crippen molar-refractivity contribution in [2.24, 2.45) is 5.73 Å². The second kappa shape index (κ2) is 5.61. The maximum absolute atomic E-state index is 13.1. The van der Waals surface area contributed by atoms with Crippen molar-refractivity contribution in [2.45, 2.75) is 18.9 Å². The van der Waals surface area contributed by atoms with Crippen molar-refractivity contribution in [3.63, 3.8) is 0 Å². The van der Waals surface area contributed by atoms with Crippen LogP contribution in [0.3, 0.4) is 0 Å². The molecule has 2 rings (SSSR count). The molecule has 18 heavy (non-hydrogen) atoms. The summed E-state index contributed by atoms with van der Waals surface area (Å²) in [5, 5.41) is 12.4. The summed E-state index contributed by atoms with van der Waals surface area (Å²) >= 11 is 1.57. The van der Waals surface area contributed by atoms with Crippen LogP contribution in [0.4, 0.5) is 4.39 Å². The minimum Gasteiger partial charge on any atom is -0.388 e. The van der Waals surface area contributed by atoms with Gasteiger partial charge in [0.15, 0.2) is 0 Å². The van der Waals surface area contributed by atoms with Crippen LogP contribution in [0.15, 0.2) is 35.7 Å². The number of aliphatic hydroxyl groups is 1. The molecule has 2 unspecified atom stereocenters. The van der Waals surface area contributed by atoms with Gasteiger partial charge in [0.1, 0.15) is 5.82 Å². The quantitative estimate of drug-likeness (QED) is 0.892. The number of hydrogen-bond donors (Lipinski definition) is 2. The van der Waals surface area contributed by atoms with Gasteiger partial charge < -0.3 is 10.8 Å². The van der Waals surface area contributed by atoms with E-state index in [1.165, 1.54) is 12.1 Å². The molecule has 0 bridgehead atoms. The van der Waals surface area contributed by atoms with Gasteiger partial charge in [0.25, 0.3) is 0 Å². The molecule has 1 heterocycles. The first-order valence-electron chi connectivity index (χ1n) is 5.81. The lowest BCUT2D eigenvalue weighted by Crippen LogP contribution is -2.20. The Labute approximate surface area is 110 Å².